The van der Waals surface area contributed by atoms with Gasteiger partial charge in [0, 0.05) is 49.2 Å². The molecule has 2 N–H and O–H groups in total. The number of benzene rings is 2. The molecule has 0 saturated heterocycles. The summed E-state index contributed by atoms with van der Waals surface area (Å²) < 4.78 is 0. The maximum Gasteiger partial charge on any atom is 0.223 e. The average Bonchev–Trinajstić information content (AvgIpc) is 3.06. The van der Waals surface area contributed by atoms with E-state index in [1.54, 1.807) is 4.90 Å². The maximum absolute atomic E-state index is 12.2. The Morgan fingerprint density at radius 2 is 1.81 bits per heavy atom. The molecule has 0 bridgehead atoms. The lowest BCUT2D eigenvalue weighted by atomic mass is 10.1. The molecule has 0 fully saturated rings. The Kier molecular flexibility index (Phi) is 5.91. The van der Waals surface area contributed by atoms with Crippen molar-refractivity contribution in [3.63, 3.8) is 0 Å². The van der Waals surface area contributed by atoms with Crippen molar-refractivity contribution in [1.82, 2.24) is 10.3 Å². The van der Waals surface area contributed by atoms with Gasteiger partial charge in [0.1, 0.15) is 0 Å². The van der Waals surface area contributed by atoms with Gasteiger partial charge in [-0.2, -0.15) is 0 Å². The third-order valence-electron chi connectivity index (χ3n) is 4.74. The first kappa shape index (κ1) is 18.7. The van der Waals surface area contributed by atoms with Crippen LogP contribution < -0.4 is 10.2 Å². The predicted molar refractivity (Wildman–Crippen MR) is 109 cm³/mol. The van der Waals surface area contributed by atoms with Crippen LogP contribution in [0.15, 0.2) is 54.7 Å². The minimum absolute atomic E-state index is 0.0466. The van der Waals surface area contributed by atoms with E-state index in [2.05, 4.69) is 16.4 Å². The Bertz CT molecular complexity index is 945. The van der Waals surface area contributed by atoms with Crippen LogP contribution in [0, 0.1) is 6.92 Å². The van der Waals surface area contributed by atoms with Crippen LogP contribution in [-0.2, 0) is 16.0 Å². The first-order valence-corrected chi connectivity index (χ1v) is 9.21. The number of hydrogen-bond donors (Lipinski definition) is 2. The molecule has 5 heteroatoms. The summed E-state index contributed by atoms with van der Waals surface area (Å²) in [5.41, 5.74) is 4.18. The van der Waals surface area contributed by atoms with Crippen molar-refractivity contribution in [2.45, 2.75) is 26.7 Å². The molecule has 0 aliphatic carbocycles. The minimum atomic E-state index is -0.0594. The van der Waals surface area contributed by atoms with Crippen molar-refractivity contribution in [2.24, 2.45) is 0 Å². The van der Waals surface area contributed by atoms with Gasteiger partial charge >= 0.3 is 0 Å². The van der Waals surface area contributed by atoms with E-state index in [1.807, 2.05) is 55.6 Å². The molecule has 0 radical (unpaired) electrons. The number of fused-ring (bicyclic) bond motifs is 1. The first-order valence-electron chi connectivity index (χ1n) is 9.21. The molecule has 0 aliphatic heterocycles. The molecular weight excluding hydrogens is 338 g/mol. The number of nitrogens with zero attached hydrogens (tertiary/aromatic N) is 1. The quantitative estimate of drug-likeness (QED) is 0.674. The van der Waals surface area contributed by atoms with Gasteiger partial charge in [-0.15, -0.1) is 0 Å². The molecule has 1 heterocycles. The van der Waals surface area contributed by atoms with Gasteiger partial charge in [0.25, 0.3) is 0 Å². The van der Waals surface area contributed by atoms with Gasteiger partial charge in [-0.1, -0.05) is 36.4 Å². The smallest absolute Gasteiger partial charge is 0.223 e. The molecule has 2 amide bonds. The van der Waals surface area contributed by atoms with Crippen molar-refractivity contribution in [3.8, 4) is 0 Å². The fraction of sp³-hybridized carbons (Fsp3) is 0.273. The topological polar surface area (TPSA) is 65.2 Å². The lowest BCUT2D eigenvalue weighted by molar-refractivity contribution is -0.121. The highest BCUT2D eigenvalue weighted by Crippen LogP contribution is 2.20. The third kappa shape index (κ3) is 4.56. The maximum atomic E-state index is 12.2. The molecule has 0 unspecified atom stereocenters. The number of carbonyl (C=O) groups is 2. The van der Waals surface area contributed by atoms with Crippen LogP contribution in [0.1, 0.15) is 24.5 Å². The standard InChI is InChI=1S/C22H25N3O2/c1-16-7-3-6-10-21(16)25(17(2)26)14-12-22(27)23-13-11-18-15-24-20-9-5-4-8-19(18)20/h3-10,15,24H,11-14H2,1-2H3,(H,23,27). The number of aromatic nitrogens is 1. The number of aromatic amines is 1. The van der Waals surface area contributed by atoms with Crippen LogP contribution in [-0.4, -0.2) is 29.9 Å². The van der Waals surface area contributed by atoms with Gasteiger partial charge < -0.3 is 15.2 Å². The monoisotopic (exact) mass is 363 g/mol. The zero-order chi connectivity index (χ0) is 19.2. The van der Waals surface area contributed by atoms with Crippen molar-refractivity contribution in [2.75, 3.05) is 18.0 Å². The summed E-state index contributed by atoms with van der Waals surface area (Å²) in [6.07, 6.45) is 3.04. The van der Waals surface area contributed by atoms with E-state index in [-0.39, 0.29) is 18.2 Å². The fourth-order valence-electron chi connectivity index (χ4n) is 3.29. The second kappa shape index (κ2) is 8.54. The van der Waals surface area contributed by atoms with Gasteiger partial charge in [0.05, 0.1) is 0 Å². The lowest BCUT2D eigenvalue weighted by Gasteiger charge is -2.22. The Labute approximate surface area is 159 Å². The van der Waals surface area contributed by atoms with Crippen molar-refractivity contribution in [3.05, 3.63) is 65.9 Å². The second-order valence-electron chi connectivity index (χ2n) is 6.67. The molecular formula is C22H25N3O2. The average molecular weight is 363 g/mol. The van der Waals surface area contributed by atoms with Gasteiger partial charge in [0.15, 0.2) is 0 Å². The van der Waals surface area contributed by atoms with Crippen LogP contribution in [0.2, 0.25) is 0 Å². The van der Waals surface area contributed by atoms with Crippen LogP contribution in [0.3, 0.4) is 0 Å². The van der Waals surface area contributed by atoms with Crippen molar-refractivity contribution < 1.29 is 9.59 Å². The zero-order valence-corrected chi connectivity index (χ0v) is 15.8. The summed E-state index contributed by atoms with van der Waals surface area (Å²) in [6, 6.07) is 15.8. The van der Waals surface area contributed by atoms with Gasteiger partial charge in [0.2, 0.25) is 11.8 Å². The van der Waals surface area contributed by atoms with E-state index in [0.29, 0.717) is 13.1 Å². The highest BCUT2D eigenvalue weighted by Gasteiger charge is 2.15. The molecule has 140 valence electrons. The second-order valence-corrected chi connectivity index (χ2v) is 6.67. The lowest BCUT2D eigenvalue weighted by Crippen LogP contribution is -2.34. The number of amides is 2. The highest BCUT2D eigenvalue weighted by molar-refractivity contribution is 5.93. The van der Waals surface area contributed by atoms with Crippen LogP contribution >= 0.6 is 0 Å². The van der Waals surface area contributed by atoms with E-state index in [1.165, 1.54) is 17.9 Å². The Balaban J connectivity index is 1.51. The van der Waals surface area contributed by atoms with Gasteiger partial charge in [-0.05, 0) is 36.6 Å². The van der Waals surface area contributed by atoms with E-state index in [9.17, 15) is 9.59 Å². The number of para-hydroxylation sites is 2. The number of nitrogens with one attached hydrogen (secondary N) is 2. The minimum Gasteiger partial charge on any atom is -0.361 e. The molecule has 3 aromatic rings. The SMILES string of the molecule is CC(=O)N(CCC(=O)NCCc1c[nH]c2ccccc12)c1ccccc1C. The van der Waals surface area contributed by atoms with E-state index in [4.69, 9.17) is 0 Å². The summed E-state index contributed by atoms with van der Waals surface area (Å²) in [7, 11) is 0. The van der Waals surface area contributed by atoms with E-state index >= 15 is 0 Å². The fourth-order valence-corrected chi connectivity index (χ4v) is 3.29. The first-order chi connectivity index (χ1) is 13.1. The zero-order valence-electron chi connectivity index (χ0n) is 15.8. The molecule has 0 atom stereocenters. The molecule has 0 saturated carbocycles. The molecule has 5 nitrogen and oxygen atoms in total. The summed E-state index contributed by atoms with van der Waals surface area (Å²) in [5.74, 6) is -0.106. The van der Waals surface area contributed by atoms with Crippen LogP contribution in [0.5, 0.6) is 0 Å². The number of hydrogen-bond acceptors (Lipinski definition) is 2. The number of H-pyrrole nitrogens is 1. The predicted octanol–water partition coefficient (Wildman–Crippen LogP) is 3.58. The number of aryl methyl sites for hydroxylation is 1. The molecule has 27 heavy (non-hydrogen) atoms. The van der Waals surface area contributed by atoms with E-state index in [0.717, 1.165) is 23.2 Å². The Morgan fingerprint density at radius 3 is 2.59 bits per heavy atom. The summed E-state index contributed by atoms with van der Waals surface area (Å²) >= 11 is 0. The number of anilines is 1. The Hall–Kier alpha value is -3.08. The third-order valence-corrected chi connectivity index (χ3v) is 4.74. The molecule has 2 aromatic carbocycles. The molecule has 3 rings (SSSR count). The van der Waals surface area contributed by atoms with Crippen LogP contribution in [0.4, 0.5) is 5.69 Å². The van der Waals surface area contributed by atoms with E-state index < -0.39 is 0 Å². The summed E-state index contributed by atoms with van der Waals surface area (Å²) in [4.78, 5) is 29.1. The molecule has 0 aliphatic rings. The van der Waals surface area contributed by atoms with Crippen LogP contribution in [0.25, 0.3) is 10.9 Å². The molecule has 0 spiro atoms. The normalized spacial score (nSPS) is 10.7. The summed E-state index contributed by atoms with van der Waals surface area (Å²) in [5, 5.41) is 4.14. The number of rotatable bonds is 7. The van der Waals surface area contributed by atoms with Gasteiger partial charge in [-0.25, -0.2) is 0 Å². The van der Waals surface area contributed by atoms with Crippen molar-refractivity contribution in [1.29, 1.82) is 0 Å². The largest absolute Gasteiger partial charge is 0.361 e. The number of carbonyl (C=O) groups excluding carboxylic acids is 2. The molecule has 1 aromatic heterocycles. The van der Waals surface area contributed by atoms with Crippen molar-refractivity contribution >= 4 is 28.4 Å². The Morgan fingerprint density at radius 1 is 1.07 bits per heavy atom. The summed E-state index contributed by atoms with van der Waals surface area (Å²) in [6.45, 7) is 4.44. The highest BCUT2D eigenvalue weighted by atomic mass is 16.2. The van der Waals surface area contributed by atoms with Gasteiger partial charge in [-0.3, -0.25) is 9.59 Å².